The van der Waals surface area contributed by atoms with Gasteiger partial charge in [0.25, 0.3) is 0 Å². The zero-order valence-corrected chi connectivity index (χ0v) is 14.6. The number of β-amino-alcohol motifs (C(OH)–C–C–N with tert-alkyl or cyclic N) is 1. The van der Waals surface area contributed by atoms with Crippen LogP contribution < -0.4 is 5.32 Å². The van der Waals surface area contributed by atoms with Gasteiger partial charge < -0.3 is 14.7 Å². The monoisotopic (exact) mass is 344 g/mol. The van der Waals surface area contributed by atoms with Gasteiger partial charge in [-0.3, -0.25) is 5.32 Å². The number of aryl methyl sites for hydroxylation is 1. The van der Waals surface area contributed by atoms with Crippen LogP contribution in [0.4, 0.5) is 10.6 Å². The predicted octanol–water partition coefficient (Wildman–Crippen LogP) is 1.97. The van der Waals surface area contributed by atoms with Crippen molar-refractivity contribution >= 4 is 11.8 Å². The molecule has 1 atom stereocenters. The van der Waals surface area contributed by atoms with Crippen LogP contribution in [0.2, 0.25) is 0 Å². The summed E-state index contributed by atoms with van der Waals surface area (Å²) in [6.07, 6.45) is 0.115. The van der Waals surface area contributed by atoms with Crippen LogP contribution >= 0.6 is 0 Å². The zero-order valence-electron chi connectivity index (χ0n) is 14.6. The molecule has 1 aliphatic heterocycles. The number of nitrogens with one attached hydrogen (secondary N) is 1. The molecule has 2 heterocycles. The van der Waals surface area contributed by atoms with E-state index in [9.17, 15) is 9.90 Å². The van der Waals surface area contributed by atoms with E-state index in [1.807, 2.05) is 44.2 Å². The molecule has 0 bridgehead atoms. The average molecular weight is 344 g/mol. The summed E-state index contributed by atoms with van der Waals surface area (Å²) in [6.45, 7) is 5.37. The zero-order chi connectivity index (χ0) is 17.8. The Hall–Kier alpha value is -2.38. The standard InChI is InChI=1S/C18H24N4O3/c1-3-16-13(2)17(22(20-16)14-7-5-4-6-8-14)19-18(24)21-9-10-25-12-15(23)11-21/h4-8,15,23H,3,9-12H2,1-2H3,(H,19,24). The molecule has 1 aromatic heterocycles. The van der Waals surface area contributed by atoms with E-state index >= 15 is 0 Å². The number of amides is 2. The lowest BCUT2D eigenvalue weighted by molar-refractivity contribution is 0.0575. The second-order valence-electron chi connectivity index (χ2n) is 6.13. The van der Waals surface area contributed by atoms with Gasteiger partial charge >= 0.3 is 6.03 Å². The summed E-state index contributed by atoms with van der Waals surface area (Å²) < 4.78 is 7.05. The van der Waals surface area contributed by atoms with E-state index in [1.165, 1.54) is 0 Å². The molecule has 2 N–H and O–H groups in total. The first-order valence-electron chi connectivity index (χ1n) is 8.55. The van der Waals surface area contributed by atoms with Crippen molar-refractivity contribution in [1.29, 1.82) is 0 Å². The largest absolute Gasteiger partial charge is 0.389 e. The summed E-state index contributed by atoms with van der Waals surface area (Å²) >= 11 is 0. The van der Waals surface area contributed by atoms with Crippen LogP contribution in [0.3, 0.4) is 0 Å². The Morgan fingerprint density at radius 3 is 2.88 bits per heavy atom. The number of urea groups is 1. The van der Waals surface area contributed by atoms with Crippen LogP contribution in [0.5, 0.6) is 0 Å². The Morgan fingerprint density at radius 2 is 2.16 bits per heavy atom. The van der Waals surface area contributed by atoms with Gasteiger partial charge in [-0.05, 0) is 25.5 Å². The van der Waals surface area contributed by atoms with Crippen LogP contribution in [-0.4, -0.2) is 58.2 Å². The SMILES string of the molecule is CCc1nn(-c2ccccc2)c(NC(=O)N2CCOCC(O)C2)c1C. The second-order valence-corrected chi connectivity index (χ2v) is 6.13. The normalized spacial score (nSPS) is 18.0. The molecule has 134 valence electrons. The molecule has 0 saturated carbocycles. The maximum Gasteiger partial charge on any atom is 0.323 e. The van der Waals surface area contributed by atoms with Crippen LogP contribution in [0.25, 0.3) is 5.69 Å². The molecule has 1 saturated heterocycles. The molecule has 0 aliphatic carbocycles. The third-order valence-corrected chi connectivity index (χ3v) is 4.32. The topological polar surface area (TPSA) is 79.6 Å². The third kappa shape index (κ3) is 3.83. The van der Waals surface area contributed by atoms with Gasteiger partial charge in [0, 0.05) is 12.1 Å². The van der Waals surface area contributed by atoms with Gasteiger partial charge in [-0.1, -0.05) is 25.1 Å². The molecule has 7 nitrogen and oxygen atoms in total. The summed E-state index contributed by atoms with van der Waals surface area (Å²) in [7, 11) is 0. The van der Waals surface area contributed by atoms with Gasteiger partial charge in [0.1, 0.15) is 5.82 Å². The number of anilines is 1. The highest BCUT2D eigenvalue weighted by Crippen LogP contribution is 2.24. The summed E-state index contributed by atoms with van der Waals surface area (Å²) in [5.74, 6) is 0.660. The minimum Gasteiger partial charge on any atom is -0.389 e. The van der Waals surface area contributed by atoms with Gasteiger partial charge in [-0.15, -0.1) is 0 Å². The van der Waals surface area contributed by atoms with Gasteiger partial charge in [-0.25, -0.2) is 9.48 Å². The van der Waals surface area contributed by atoms with Crippen molar-refractivity contribution in [3.63, 3.8) is 0 Å². The van der Waals surface area contributed by atoms with Crippen molar-refractivity contribution in [2.24, 2.45) is 0 Å². The van der Waals surface area contributed by atoms with E-state index in [-0.39, 0.29) is 19.2 Å². The lowest BCUT2D eigenvalue weighted by Crippen LogP contribution is -2.40. The number of hydrogen-bond donors (Lipinski definition) is 2. The fourth-order valence-corrected chi connectivity index (χ4v) is 2.94. The highest BCUT2D eigenvalue weighted by Gasteiger charge is 2.23. The number of aliphatic hydroxyl groups excluding tert-OH is 1. The number of nitrogens with zero attached hydrogens (tertiary/aromatic N) is 3. The Kier molecular flexibility index (Phi) is 5.35. The van der Waals surface area contributed by atoms with Gasteiger partial charge in [0.15, 0.2) is 0 Å². The van der Waals surface area contributed by atoms with Crippen molar-refractivity contribution in [3.05, 3.63) is 41.6 Å². The van der Waals surface area contributed by atoms with Crippen molar-refractivity contribution in [3.8, 4) is 5.69 Å². The molecular formula is C18H24N4O3. The molecule has 7 heteroatoms. The van der Waals surface area contributed by atoms with Gasteiger partial charge in [-0.2, -0.15) is 5.10 Å². The molecule has 1 fully saturated rings. The first-order valence-corrected chi connectivity index (χ1v) is 8.55. The van der Waals surface area contributed by atoms with Crippen LogP contribution in [0.1, 0.15) is 18.2 Å². The minimum atomic E-state index is -0.667. The first-order chi connectivity index (χ1) is 12.1. The van der Waals surface area contributed by atoms with E-state index in [0.29, 0.717) is 19.0 Å². The first kappa shape index (κ1) is 17.4. The molecule has 1 aliphatic rings. The van der Waals surface area contributed by atoms with E-state index in [4.69, 9.17) is 4.74 Å². The Balaban J connectivity index is 1.88. The number of carbonyl (C=O) groups excluding carboxylic acids is 1. The van der Waals surface area contributed by atoms with E-state index in [0.717, 1.165) is 23.4 Å². The fraction of sp³-hybridized carbons (Fsp3) is 0.444. The number of para-hydroxylation sites is 1. The maximum absolute atomic E-state index is 12.7. The molecule has 1 aromatic carbocycles. The molecule has 25 heavy (non-hydrogen) atoms. The molecule has 3 rings (SSSR count). The van der Waals surface area contributed by atoms with Gasteiger partial charge in [0.2, 0.25) is 0 Å². The number of ether oxygens (including phenoxy) is 1. The van der Waals surface area contributed by atoms with Crippen molar-refractivity contribution in [1.82, 2.24) is 14.7 Å². The fourth-order valence-electron chi connectivity index (χ4n) is 2.94. The number of hydrogen-bond acceptors (Lipinski definition) is 4. The average Bonchev–Trinajstić information content (AvgIpc) is 2.79. The highest BCUT2D eigenvalue weighted by molar-refractivity contribution is 5.89. The highest BCUT2D eigenvalue weighted by atomic mass is 16.5. The summed E-state index contributed by atoms with van der Waals surface area (Å²) in [5.41, 5.74) is 2.78. The molecule has 0 radical (unpaired) electrons. The lowest BCUT2D eigenvalue weighted by atomic mass is 10.2. The van der Waals surface area contributed by atoms with Crippen molar-refractivity contribution in [2.75, 3.05) is 31.6 Å². The summed E-state index contributed by atoms with van der Waals surface area (Å²) in [4.78, 5) is 14.3. The van der Waals surface area contributed by atoms with Crippen LogP contribution in [0, 0.1) is 6.92 Å². The van der Waals surface area contributed by atoms with E-state index in [2.05, 4.69) is 10.4 Å². The van der Waals surface area contributed by atoms with E-state index in [1.54, 1.807) is 9.58 Å². The quantitative estimate of drug-likeness (QED) is 0.892. The summed E-state index contributed by atoms with van der Waals surface area (Å²) in [6, 6.07) is 9.46. The Bertz CT molecular complexity index is 729. The van der Waals surface area contributed by atoms with E-state index < -0.39 is 6.10 Å². The number of rotatable bonds is 3. The molecular weight excluding hydrogens is 320 g/mol. The third-order valence-electron chi connectivity index (χ3n) is 4.32. The second kappa shape index (κ2) is 7.67. The Labute approximate surface area is 147 Å². The molecule has 1 unspecified atom stereocenters. The molecule has 0 spiro atoms. The summed E-state index contributed by atoms with van der Waals surface area (Å²) in [5, 5.41) is 17.5. The number of benzene rings is 1. The number of carbonyl (C=O) groups is 1. The predicted molar refractivity (Wildman–Crippen MR) is 95.1 cm³/mol. The van der Waals surface area contributed by atoms with Crippen LogP contribution in [0.15, 0.2) is 30.3 Å². The Morgan fingerprint density at radius 1 is 1.40 bits per heavy atom. The lowest BCUT2D eigenvalue weighted by Gasteiger charge is -2.22. The smallest absolute Gasteiger partial charge is 0.323 e. The minimum absolute atomic E-state index is 0.255. The molecule has 2 amide bonds. The van der Waals surface area contributed by atoms with Gasteiger partial charge in [0.05, 0.1) is 37.2 Å². The maximum atomic E-state index is 12.7. The van der Waals surface area contributed by atoms with Crippen molar-refractivity contribution in [2.45, 2.75) is 26.4 Å². The number of aliphatic hydroxyl groups is 1. The van der Waals surface area contributed by atoms with Crippen LogP contribution in [-0.2, 0) is 11.2 Å². The number of aromatic nitrogens is 2. The van der Waals surface area contributed by atoms with Crippen molar-refractivity contribution < 1.29 is 14.6 Å². The molecule has 2 aromatic rings.